The van der Waals surface area contributed by atoms with Crippen LogP contribution in [0.25, 0.3) is 0 Å². The van der Waals surface area contributed by atoms with Crippen molar-refractivity contribution < 1.29 is 14.0 Å². The van der Waals surface area contributed by atoms with Gasteiger partial charge < -0.3 is 4.74 Å². The van der Waals surface area contributed by atoms with Crippen LogP contribution < -0.4 is 4.57 Å². The second-order valence-electron chi connectivity index (χ2n) is 2.68. The maximum atomic E-state index is 5.40. The molecule has 3 heteroatoms. The van der Waals surface area contributed by atoms with Gasteiger partial charge in [0.25, 0.3) is 6.73 Å². The molecule has 12 heavy (non-hydrogen) atoms. The van der Waals surface area contributed by atoms with Gasteiger partial charge in [0.05, 0.1) is 0 Å². The van der Waals surface area contributed by atoms with Crippen LogP contribution in [0.4, 0.5) is 0 Å². The van der Waals surface area contributed by atoms with Gasteiger partial charge in [-0.1, -0.05) is 0 Å². The van der Waals surface area contributed by atoms with Crippen molar-refractivity contribution in [3.05, 3.63) is 30.1 Å². The summed E-state index contributed by atoms with van der Waals surface area (Å²) < 4.78 is 12.8. The molecule has 0 N–H and O–H groups in total. The van der Waals surface area contributed by atoms with E-state index in [0.717, 1.165) is 5.69 Å². The molecule has 0 aromatic carbocycles. The summed E-state index contributed by atoms with van der Waals surface area (Å²) in [5, 5.41) is 0. The van der Waals surface area contributed by atoms with E-state index in [0.29, 0.717) is 13.3 Å². The number of rotatable bonds is 2. The van der Waals surface area contributed by atoms with Gasteiger partial charge in [-0.15, -0.1) is 0 Å². The first-order valence-electron chi connectivity index (χ1n) is 4.13. The van der Waals surface area contributed by atoms with Gasteiger partial charge in [-0.05, 0) is 13.0 Å². The smallest absolute Gasteiger partial charge is 0.255 e. The van der Waals surface area contributed by atoms with Crippen molar-refractivity contribution >= 4 is 0 Å². The molecular weight excluding hydrogens is 154 g/mol. The molecular formula is C9H12NO2+. The molecule has 1 aliphatic rings. The summed E-state index contributed by atoms with van der Waals surface area (Å²) in [4.78, 5) is 0. The Labute approximate surface area is 71.5 Å². The van der Waals surface area contributed by atoms with Gasteiger partial charge in [0, 0.05) is 18.7 Å². The molecule has 0 saturated carbocycles. The first-order valence-corrected chi connectivity index (χ1v) is 4.13. The Morgan fingerprint density at radius 2 is 2.58 bits per heavy atom. The summed E-state index contributed by atoms with van der Waals surface area (Å²) in [6.45, 7) is 3.25. The first-order chi connectivity index (χ1) is 5.92. The Balaban J connectivity index is 2.24. The minimum Gasteiger partial charge on any atom is -0.344 e. The molecule has 1 aromatic heterocycles. The molecule has 0 saturated heterocycles. The third-order valence-electron chi connectivity index (χ3n) is 1.90. The maximum absolute atomic E-state index is 5.40. The van der Waals surface area contributed by atoms with Gasteiger partial charge in [-0.25, -0.2) is 0 Å². The van der Waals surface area contributed by atoms with Crippen LogP contribution in [0.3, 0.4) is 0 Å². The van der Waals surface area contributed by atoms with Gasteiger partial charge in [0.1, 0.15) is 0 Å². The van der Waals surface area contributed by atoms with Crippen molar-refractivity contribution in [2.24, 2.45) is 0 Å². The Kier molecular flexibility index (Phi) is 2.06. The minimum absolute atomic E-state index is 0.170. The SMILES string of the molecule is CCOC1OC[n+]2ccccc21. The molecule has 3 nitrogen and oxygen atoms in total. The molecule has 1 unspecified atom stereocenters. The Bertz CT molecular complexity index is 273. The van der Waals surface area contributed by atoms with E-state index in [1.807, 2.05) is 35.9 Å². The van der Waals surface area contributed by atoms with Gasteiger partial charge in [-0.2, -0.15) is 4.57 Å². The summed E-state index contributed by atoms with van der Waals surface area (Å²) >= 11 is 0. The lowest BCUT2D eigenvalue weighted by atomic mass is 10.3. The standard InChI is InChI=1S/C9H12NO2/c1-2-11-9-8-5-3-4-6-10(8)7-12-9/h3-6,9H,2,7H2,1H3/q+1. The van der Waals surface area contributed by atoms with E-state index in [1.165, 1.54) is 0 Å². The molecule has 1 aromatic rings. The maximum Gasteiger partial charge on any atom is 0.255 e. The van der Waals surface area contributed by atoms with Crippen molar-refractivity contribution in [1.82, 2.24) is 0 Å². The van der Waals surface area contributed by atoms with Crippen molar-refractivity contribution in [2.75, 3.05) is 6.61 Å². The number of pyridine rings is 1. The van der Waals surface area contributed by atoms with Crippen molar-refractivity contribution in [1.29, 1.82) is 0 Å². The average molecular weight is 166 g/mol. The second kappa shape index (κ2) is 3.21. The van der Waals surface area contributed by atoms with Crippen molar-refractivity contribution in [3.8, 4) is 0 Å². The zero-order chi connectivity index (χ0) is 8.39. The van der Waals surface area contributed by atoms with Gasteiger partial charge in [-0.3, -0.25) is 4.74 Å². The largest absolute Gasteiger partial charge is 0.344 e. The van der Waals surface area contributed by atoms with E-state index < -0.39 is 0 Å². The number of hydrogen-bond donors (Lipinski definition) is 0. The number of ether oxygens (including phenoxy) is 2. The second-order valence-corrected chi connectivity index (χ2v) is 2.68. The summed E-state index contributed by atoms with van der Waals surface area (Å²) in [5.41, 5.74) is 1.10. The van der Waals surface area contributed by atoms with E-state index in [4.69, 9.17) is 9.47 Å². The number of hydrogen-bond acceptors (Lipinski definition) is 2. The predicted octanol–water partition coefficient (Wildman–Crippen LogP) is 0.997. The van der Waals surface area contributed by atoms with Crippen molar-refractivity contribution in [3.63, 3.8) is 0 Å². The molecule has 0 amide bonds. The van der Waals surface area contributed by atoms with E-state index in [-0.39, 0.29) is 6.29 Å². The molecule has 1 atom stereocenters. The van der Waals surface area contributed by atoms with Crippen LogP contribution >= 0.6 is 0 Å². The van der Waals surface area contributed by atoms with Crippen LogP contribution in [0, 0.1) is 0 Å². The molecule has 1 aliphatic heterocycles. The molecule has 0 fully saturated rings. The fraction of sp³-hybridized carbons (Fsp3) is 0.444. The van der Waals surface area contributed by atoms with E-state index in [2.05, 4.69) is 0 Å². The zero-order valence-electron chi connectivity index (χ0n) is 7.06. The Hall–Kier alpha value is -0.930. The Morgan fingerprint density at radius 1 is 1.67 bits per heavy atom. The van der Waals surface area contributed by atoms with E-state index in [9.17, 15) is 0 Å². The molecule has 0 bridgehead atoms. The monoisotopic (exact) mass is 166 g/mol. The third kappa shape index (κ3) is 1.21. The highest BCUT2D eigenvalue weighted by atomic mass is 16.7. The highest BCUT2D eigenvalue weighted by Crippen LogP contribution is 2.19. The van der Waals surface area contributed by atoms with Crippen LogP contribution in [0.5, 0.6) is 0 Å². The van der Waals surface area contributed by atoms with Crippen LogP contribution in [0.1, 0.15) is 18.9 Å². The fourth-order valence-electron chi connectivity index (χ4n) is 1.34. The molecule has 0 spiro atoms. The normalized spacial score (nSPS) is 20.9. The summed E-state index contributed by atoms with van der Waals surface area (Å²) in [6, 6.07) is 6.00. The van der Waals surface area contributed by atoms with Crippen molar-refractivity contribution in [2.45, 2.75) is 19.9 Å². The summed E-state index contributed by atoms with van der Waals surface area (Å²) in [6.07, 6.45) is 1.82. The molecule has 2 rings (SSSR count). The zero-order valence-corrected chi connectivity index (χ0v) is 7.06. The molecule has 0 radical (unpaired) electrons. The number of aromatic nitrogens is 1. The highest BCUT2D eigenvalue weighted by Gasteiger charge is 2.30. The lowest BCUT2D eigenvalue weighted by Crippen LogP contribution is -2.32. The molecule has 64 valence electrons. The topological polar surface area (TPSA) is 22.3 Å². The van der Waals surface area contributed by atoms with Crippen LogP contribution in [-0.2, 0) is 16.2 Å². The lowest BCUT2D eigenvalue weighted by molar-refractivity contribution is -0.714. The van der Waals surface area contributed by atoms with Crippen LogP contribution in [0.15, 0.2) is 24.4 Å². The lowest BCUT2D eigenvalue weighted by Gasteiger charge is -2.03. The summed E-state index contributed by atoms with van der Waals surface area (Å²) in [7, 11) is 0. The fourth-order valence-corrected chi connectivity index (χ4v) is 1.34. The van der Waals surface area contributed by atoms with Gasteiger partial charge in [0.15, 0.2) is 6.20 Å². The first kappa shape index (κ1) is 7.71. The highest BCUT2D eigenvalue weighted by molar-refractivity contribution is 4.99. The van der Waals surface area contributed by atoms with E-state index in [1.54, 1.807) is 0 Å². The minimum atomic E-state index is -0.170. The third-order valence-corrected chi connectivity index (χ3v) is 1.90. The van der Waals surface area contributed by atoms with Crippen LogP contribution in [-0.4, -0.2) is 6.61 Å². The quantitative estimate of drug-likeness (QED) is 0.611. The average Bonchev–Trinajstić information content (AvgIpc) is 2.50. The predicted molar refractivity (Wildman–Crippen MR) is 42.1 cm³/mol. The molecule has 2 heterocycles. The van der Waals surface area contributed by atoms with E-state index >= 15 is 0 Å². The molecule has 0 aliphatic carbocycles. The summed E-state index contributed by atoms with van der Waals surface area (Å²) in [5.74, 6) is 0. The van der Waals surface area contributed by atoms with Crippen LogP contribution in [0.2, 0.25) is 0 Å². The Morgan fingerprint density at radius 3 is 3.42 bits per heavy atom. The van der Waals surface area contributed by atoms with Gasteiger partial charge in [0.2, 0.25) is 12.0 Å². The number of nitrogens with zero attached hydrogens (tertiary/aromatic N) is 1. The number of fused-ring (bicyclic) bond motifs is 1. The van der Waals surface area contributed by atoms with Gasteiger partial charge >= 0.3 is 0 Å².